The largest absolute Gasteiger partial charge is 0.493 e. The van der Waals surface area contributed by atoms with E-state index in [-0.39, 0.29) is 23.8 Å². The number of halogens is 3. The smallest absolute Gasteiger partial charge is 0.168 e. The molecule has 4 rings (SSSR count). The number of ether oxygens (including phenoxy) is 2. The summed E-state index contributed by atoms with van der Waals surface area (Å²) in [5, 5.41) is 0. The fourth-order valence-electron chi connectivity index (χ4n) is 5.02. The molecule has 0 heterocycles. The van der Waals surface area contributed by atoms with Gasteiger partial charge in [0.05, 0.1) is 6.61 Å². The quantitative estimate of drug-likeness (QED) is 0.239. The van der Waals surface area contributed by atoms with Gasteiger partial charge in [-0.25, -0.2) is 13.2 Å². The van der Waals surface area contributed by atoms with Crippen molar-refractivity contribution in [1.82, 2.24) is 0 Å². The van der Waals surface area contributed by atoms with Crippen molar-refractivity contribution < 1.29 is 22.6 Å². The van der Waals surface area contributed by atoms with Crippen LogP contribution in [0.4, 0.5) is 13.2 Å². The molecule has 0 aromatic heterocycles. The van der Waals surface area contributed by atoms with Gasteiger partial charge in [-0.15, -0.1) is 0 Å². The predicted molar refractivity (Wildman–Crippen MR) is 143 cm³/mol. The number of unbranched alkanes of at least 4 members (excludes halogenated alkanes) is 3. The lowest BCUT2D eigenvalue weighted by molar-refractivity contribution is 0.283. The molecule has 1 saturated carbocycles. The number of rotatable bonds is 11. The summed E-state index contributed by atoms with van der Waals surface area (Å²) in [7, 11) is 0. The molecule has 0 unspecified atom stereocenters. The summed E-state index contributed by atoms with van der Waals surface area (Å²) in [6, 6.07) is 15.1. The van der Waals surface area contributed by atoms with Crippen LogP contribution in [-0.4, -0.2) is 6.61 Å². The Morgan fingerprint density at radius 1 is 0.784 bits per heavy atom. The van der Waals surface area contributed by atoms with Crippen LogP contribution in [0, 0.1) is 23.4 Å². The van der Waals surface area contributed by atoms with Crippen molar-refractivity contribution in [2.45, 2.75) is 77.7 Å². The van der Waals surface area contributed by atoms with E-state index in [0.29, 0.717) is 29.4 Å². The summed E-state index contributed by atoms with van der Waals surface area (Å²) in [5.41, 5.74) is 2.13. The first kappa shape index (κ1) is 27.1. The van der Waals surface area contributed by atoms with Crippen molar-refractivity contribution in [2.24, 2.45) is 5.92 Å². The third-order valence-corrected chi connectivity index (χ3v) is 7.40. The average molecular weight is 511 g/mol. The maximum atomic E-state index is 15.0. The molecule has 37 heavy (non-hydrogen) atoms. The van der Waals surface area contributed by atoms with Gasteiger partial charge in [0, 0.05) is 11.6 Å². The molecule has 1 aliphatic carbocycles. The topological polar surface area (TPSA) is 18.5 Å². The highest BCUT2D eigenvalue weighted by Crippen LogP contribution is 2.38. The molecule has 0 bridgehead atoms. The van der Waals surface area contributed by atoms with E-state index >= 15 is 4.39 Å². The Morgan fingerprint density at radius 3 is 2.24 bits per heavy atom. The van der Waals surface area contributed by atoms with Crippen LogP contribution >= 0.6 is 0 Å². The fourth-order valence-corrected chi connectivity index (χ4v) is 5.02. The van der Waals surface area contributed by atoms with Crippen LogP contribution < -0.4 is 9.47 Å². The molecular formula is C32H37F3O2. The van der Waals surface area contributed by atoms with Gasteiger partial charge in [0.15, 0.2) is 23.2 Å². The Bertz CT molecular complexity index is 1150. The standard InChI is InChI=1S/C32H37F3O2/c1-3-4-5-6-19-36-26-15-18-30(29(33)20-26)37-21-23-9-13-25(14-10-23)28-17-16-27(31(34)32(28)35)24-11-7-22(2)8-12-24/h9-10,13-18,20,22,24H,3-8,11-12,19,21H2,1-2H3. The summed E-state index contributed by atoms with van der Waals surface area (Å²) in [6.45, 7) is 5.09. The fraction of sp³-hybridized carbons (Fsp3) is 0.438. The van der Waals surface area contributed by atoms with Crippen molar-refractivity contribution in [3.63, 3.8) is 0 Å². The highest BCUT2D eigenvalue weighted by molar-refractivity contribution is 5.65. The lowest BCUT2D eigenvalue weighted by Crippen LogP contribution is -2.13. The molecule has 0 radical (unpaired) electrons. The van der Waals surface area contributed by atoms with Crippen molar-refractivity contribution in [3.05, 3.63) is 83.2 Å². The summed E-state index contributed by atoms with van der Waals surface area (Å²) in [4.78, 5) is 0. The van der Waals surface area contributed by atoms with Gasteiger partial charge in [0.25, 0.3) is 0 Å². The number of hydrogen-bond donors (Lipinski definition) is 0. The van der Waals surface area contributed by atoms with Crippen LogP contribution in [0.3, 0.4) is 0 Å². The first-order chi connectivity index (χ1) is 18.0. The van der Waals surface area contributed by atoms with Gasteiger partial charge in [-0.3, -0.25) is 0 Å². The Morgan fingerprint density at radius 2 is 1.54 bits per heavy atom. The van der Waals surface area contributed by atoms with E-state index < -0.39 is 17.5 Å². The van der Waals surface area contributed by atoms with E-state index in [9.17, 15) is 8.78 Å². The van der Waals surface area contributed by atoms with Crippen LogP contribution in [0.5, 0.6) is 11.5 Å². The van der Waals surface area contributed by atoms with Gasteiger partial charge in [-0.1, -0.05) is 82.3 Å². The highest BCUT2D eigenvalue weighted by atomic mass is 19.2. The summed E-state index contributed by atoms with van der Waals surface area (Å²) >= 11 is 0. The minimum absolute atomic E-state index is 0.0890. The van der Waals surface area contributed by atoms with Gasteiger partial charge in [-0.2, -0.15) is 0 Å². The summed E-state index contributed by atoms with van der Waals surface area (Å²) < 4.78 is 55.7. The molecule has 0 atom stereocenters. The van der Waals surface area contributed by atoms with Crippen LogP contribution in [0.1, 0.15) is 82.3 Å². The Balaban J connectivity index is 1.35. The zero-order valence-electron chi connectivity index (χ0n) is 21.9. The molecule has 198 valence electrons. The van der Waals surface area contributed by atoms with E-state index in [2.05, 4.69) is 13.8 Å². The normalized spacial score (nSPS) is 17.5. The van der Waals surface area contributed by atoms with E-state index in [4.69, 9.17) is 9.47 Å². The number of benzene rings is 3. The third kappa shape index (κ3) is 7.09. The maximum absolute atomic E-state index is 15.0. The van der Waals surface area contributed by atoms with Crippen molar-refractivity contribution >= 4 is 0 Å². The average Bonchev–Trinajstić information content (AvgIpc) is 2.91. The first-order valence-electron chi connectivity index (χ1n) is 13.6. The molecule has 0 amide bonds. The van der Waals surface area contributed by atoms with Crippen molar-refractivity contribution in [1.29, 1.82) is 0 Å². The van der Waals surface area contributed by atoms with Gasteiger partial charge in [0.2, 0.25) is 0 Å². The van der Waals surface area contributed by atoms with Gasteiger partial charge in [0.1, 0.15) is 12.4 Å². The second kappa shape index (κ2) is 13.0. The molecule has 0 spiro atoms. The minimum Gasteiger partial charge on any atom is -0.493 e. The molecular weight excluding hydrogens is 473 g/mol. The van der Waals surface area contributed by atoms with Gasteiger partial charge < -0.3 is 9.47 Å². The second-order valence-corrected chi connectivity index (χ2v) is 10.3. The highest BCUT2D eigenvalue weighted by Gasteiger charge is 2.25. The van der Waals surface area contributed by atoms with Gasteiger partial charge >= 0.3 is 0 Å². The molecule has 2 nitrogen and oxygen atoms in total. The molecule has 1 aliphatic rings. The van der Waals surface area contributed by atoms with E-state index in [1.165, 1.54) is 12.5 Å². The zero-order valence-corrected chi connectivity index (χ0v) is 21.9. The van der Waals surface area contributed by atoms with Crippen LogP contribution in [-0.2, 0) is 6.61 Å². The summed E-state index contributed by atoms with van der Waals surface area (Å²) in [5.74, 6) is -0.629. The number of hydrogen-bond acceptors (Lipinski definition) is 2. The van der Waals surface area contributed by atoms with E-state index in [0.717, 1.165) is 50.5 Å². The molecule has 1 fully saturated rings. The van der Waals surface area contributed by atoms with Crippen LogP contribution in [0.25, 0.3) is 11.1 Å². The van der Waals surface area contributed by atoms with Crippen molar-refractivity contribution in [2.75, 3.05) is 6.61 Å². The molecule has 5 heteroatoms. The zero-order chi connectivity index (χ0) is 26.2. The minimum atomic E-state index is -0.796. The van der Waals surface area contributed by atoms with E-state index in [1.807, 2.05) is 0 Å². The van der Waals surface area contributed by atoms with Crippen LogP contribution in [0.2, 0.25) is 0 Å². The molecule has 0 aliphatic heterocycles. The third-order valence-electron chi connectivity index (χ3n) is 7.40. The van der Waals surface area contributed by atoms with E-state index in [1.54, 1.807) is 48.5 Å². The molecule has 0 saturated heterocycles. The lowest BCUT2D eigenvalue weighted by atomic mass is 9.79. The van der Waals surface area contributed by atoms with Crippen molar-refractivity contribution in [3.8, 4) is 22.6 Å². The Labute approximate surface area is 218 Å². The Kier molecular flexibility index (Phi) is 9.54. The monoisotopic (exact) mass is 510 g/mol. The Hall–Kier alpha value is -2.95. The van der Waals surface area contributed by atoms with Gasteiger partial charge in [-0.05, 0) is 59.9 Å². The SMILES string of the molecule is CCCCCCOc1ccc(OCc2ccc(-c3ccc(C4CCC(C)CC4)c(F)c3F)cc2)c(F)c1. The lowest BCUT2D eigenvalue weighted by Gasteiger charge is -2.27. The van der Waals surface area contributed by atoms with Crippen LogP contribution in [0.15, 0.2) is 54.6 Å². The molecule has 0 N–H and O–H groups in total. The maximum Gasteiger partial charge on any atom is 0.168 e. The second-order valence-electron chi connectivity index (χ2n) is 10.3. The molecule has 3 aromatic carbocycles. The molecule has 3 aromatic rings. The predicted octanol–water partition coefficient (Wildman–Crippen LogP) is 9.60. The summed E-state index contributed by atoms with van der Waals surface area (Å²) in [6.07, 6.45) is 8.29. The first-order valence-corrected chi connectivity index (χ1v) is 13.6.